The minimum atomic E-state index is 0.109. The van der Waals surface area contributed by atoms with E-state index in [9.17, 15) is 4.79 Å². The SMILES string of the molecule is O=C(NC1CC1)[C@H]1CCc2[nH]nc(-c3ccsc3)c2C1. The van der Waals surface area contributed by atoms with Crippen LogP contribution in [0.4, 0.5) is 0 Å². The second-order valence-corrected chi connectivity index (χ2v) is 6.54. The number of amides is 1. The molecule has 0 saturated heterocycles. The lowest BCUT2D eigenvalue weighted by molar-refractivity contribution is -0.125. The minimum Gasteiger partial charge on any atom is -0.353 e. The van der Waals surface area contributed by atoms with Crippen molar-refractivity contribution in [2.45, 2.75) is 38.1 Å². The molecule has 2 aliphatic rings. The topological polar surface area (TPSA) is 57.8 Å². The molecule has 0 bridgehead atoms. The standard InChI is InChI=1S/C15H17N3OS/c19-15(16-11-2-3-11)9-1-4-13-12(7-9)14(18-17-13)10-5-6-20-8-10/h5-6,8-9,11H,1-4,7H2,(H,16,19)(H,17,18)/t9-/m0/s1. The van der Waals surface area contributed by atoms with Gasteiger partial charge in [-0.15, -0.1) is 0 Å². The van der Waals surface area contributed by atoms with E-state index in [4.69, 9.17) is 0 Å². The summed E-state index contributed by atoms with van der Waals surface area (Å²) in [7, 11) is 0. The van der Waals surface area contributed by atoms with Gasteiger partial charge in [0.05, 0.1) is 5.69 Å². The van der Waals surface area contributed by atoms with Crippen LogP contribution in [0.25, 0.3) is 11.3 Å². The van der Waals surface area contributed by atoms with Crippen molar-refractivity contribution in [2.75, 3.05) is 0 Å². The van der Waals surface area contributed by atoms with Crippen molar-refractivity contribution < 1.29 is 4.79 Å². The van der Waals surface area contributed by atoms with Crippen molar-refractivity contribution in [1.29, 1.82) is 0 Å². The van der Waals surface area contributed by atoms with Crippen molar-refractivity contribution >= 4 is 17.2 Å². The molecule has 4 rings (SSSR count). The smallest absolute Gasteiger partial charge is 0.223 e. The number of carbonyl (C=O) groups is 1. The van der Waals surface area contributed by atoms with Crippen LogP contribution in [0, 0.1) is 5.92 Å². The van der Waals surface area contributed by atoms with Gasteiger partial charge in [-0.3, -0.25) is 9.89 Å². The lowest BCUT2D eigenvalue weighted by Gasteiger charge is -2.21. The fourth-order valence-electron chi connectivity index (χ4n) is 2.90. The van der Waals surface area contributed by atoms with E-state index >= 15 is 0 Å². The van der Waals surface area contributed by atoms with Crippen LogP contribution < -0.4 is 5.32 Å². The Morgan fingerprint density at radius 2 is 2.30 bits per heavy atom. The van der Waals surface area contributed by atoms with E-state index < -0.39 is 0 Å². The van der Waals surface area contributed by atoms with E-state index in [0.717, 1.165) is 43.4 Å². The molecule has 0 radical (unpaired) electrons. The zero-order chi connectivity index (χ0) is 13.5. The number of nitrogens with one attached hydrogen (secondary N) is 2. The van der Waals surface area contributed by atoms with Crippen LogP contribution in [0.1, 0.15) is 30.5 Å². The minimum absolute atomic E-state index is 0.109. The van der Waals surface area contributed by atoms with E-state index in [1.165, 1.54) is 11.3 Å². The first-order valence-electron chi connectivity index (χ1n) is 7.20. The van der Waals surface area contributed by atoms with Gasteiger partial charge in [-0.05, 0) is 43.6 Å². The number of thiophene rings is 1. The molecular weight excluding hydrogens is 270 g/mol. The summed E-state index contributed by atoms with van der Waals surface area (Å²) < 4.78 is 0. The molecule has 0 aliphatic heterocycles. The first-order chi connectivity index (χ1) is 9.81. The van der Waals surface area contributed by atoms with Crippen molar-refractivity contribution in [1.82, 2.24) is 15.5 Å². The summed E-state index contributed by atoms with van der Waals surface area (Å²) in [6, 6.07) is 2.54. The van der Waals surface area contributed by atoms with Gasteiger partial charge in [-0.25, -0.2) is 0 Å². The molecule has 2 aromatic rings. The quantitative estimate of drug-likeness (QED) is 0.911. The fraction of sp³-hybridized carbons (Fsp3) is 0.467. The van der Waals surface area contributed by atoms with Crippen molar-refractivity contribution in [3.05, 3.63) is 28.1 Å². The molecule has 0 aromatic carbocycles. The fourth-order valence-corrected chi connectivity index (χ4v) is 3.54. The molecule has 5 heteroatoms. The summed E-state index contributed by atoms with van der Waals surface area (Å²) in [5.74, 6) is 0.341. The van der Waals surface area contributed by atoms with E-state index in [1.54, 1.807) is 11.3 Å². The number of nitrogens with zero attached hydrogens (tertiary/aromatic N) is 1. The first-order valence-corrected chi connectivity index (χ1v) is 8.14. The normalized spacial score (nSPS) is 21.5. The maximum atomic E-state index is 12.2. The highest BCUT2D eigenvalue weighted by Crippen LogP contribution is 2.33. The van der Waals surface area contributed by atoms with E-state index in [0.29, 0.717) is 6.04 Å². The van der Waals surface area contributed by atoms with Crippen LogP contribution in [0.2, 0.25) is 0 Å². The predicted molar refractivity (Wildman–Crippen MR) is 78.6 cm³/mol. The Hall–Kier alpha value is -1.62. The molecule has 2 heterocycles. The molecule has 1 fully saturated rings. The summed E-state index contributed by atoms with van der Waals surface area (Å²) in [6.07, 6.45) is 4.97. The second-order valence-electron chi connectivity index (χ2n) is 5.76. The zero-order valence-electron chi connectivity index (χ0n) is 11.2. The highest BCUT2D eigenvalue weighted by Gasteiger charge is 2.31. The molecule has 2 aliphatic carbocycles. The average Bonchev–Trinajstić information content (AvgIpc) is 2.97. The monoisotopic (exact) mass is 287 g/mol. The number of rotatable bonds is 3. The highest BCUT2D eigenvalue weighted by molar-refractivity contribution is 7.08. The van der Waals surface area contributed by atoms with Crippen LogP contribution in [-0.2, 0) is 17.6 Å². The van der Waals surface area contributed by atoms with Gasteiger partial charge >= 0.3 is 0 Å². The summed E-state index contributed by atoms with van der Waals surface area (Å²) in [4.78, 5) is 12.2. The Morgan fingerprint density at radius 3 is 3.05 bits per heavy atom. The molecule has 2 aromatic heterocycles. The summed E-state index contributed by atoms with van der Waals surface area (Å²) in [5.41, 5.74) is 4.65. The zero-order valence-corrected chi connectivity index (χ0v) is 12.0. The number of fused-ring (bicyclic) bond motifs is 1. The lowest BCUT2D eigenvalue weighted by atomic mass is 9.85. The third-order valence-electron chi connectivity index (χ3n) is 4.24. The van der Waals surface area contributed by atoms with Crippen LogP contribution in [0.3, 0.4) is 0 Å². The Bertz CT molecular complexity index is 628. The van der Waals surface area contributed by atoms with Crippen molar-refractivity contribution in [3.63, 3.8) is 0 Å². The van der Waals surface area contributed by atoms with E-state index in [1.807, 2.05) is 0 Å². The number of aryl methyl sites for hydroxylation is 1. The Kier molecular flexibility index (Phi) is 2.88. The number of hydrogen-bond acceptors (Lipinski definition) is 3. The third-order valence-corrected chi connectivity index (χ3v) is 4.92. The molecule has 1 saturated carbocycles. The van der Waals surface area contributed by atoms with E-state index in [-0.39, 0.29) is 11.8 Å². The van der Waals surface area contributed by atoms with Crippen LogP contribution >= 0.6 is 11.3 Å². The Labute approximate surface area is 121 Å². The van der Waals surface area contributed by atoms with Gasteiger partial charge in [0.1, 0.15) is 0 Å². The largest absolute Gasteiger partial charge is 0.353 e. The van der Waals surface area contributed by atoms with Gasteiger partial charge in [-0.2, -0.15) is 16.4 Å². The molecule has 0 spiro atoms. The van der Waals surface area contributed by atoms with Crippen LogP contribution in [0.5, 0.6) is 0 Å². The molecular formula is C15H17N3OS. The van der Waals surface area contributed by atoms with Gasteiger partial charge in [0.15, 0.2) is 0 Å². The van der Waals surface area contributed by atoms with Gasteiger partial charge in [0, 0.05) is 34.2 Å². The number of carbonyl (C=O) groups excluding carboxylic acids is 1. The summed E-state index contributed by atoms with van der Waals surface area (Å²) in [6.45, 7) is 0. The summed E-state index contributed by atoms with van der Waals surface area (Å²) >= 11 is 1.68. The second kappa shape index (κ2) is 4.74. The third kappa shape index (κ3) is 2.16. The van der Waals surface area contributed by atoms with Gasteiger partial charge < -0.3 is 5.32 Å². The maximum absolute atomic E-state index is 12.2. The van der Waals surface area contributed by atoms with Crippen molar-refractivity contribution in [2.24, 2.45) is 5.92 Å². The average molecular weight is 287 g/mol. The molecule has 1 atom stereocenters. The van der Waals surface area contributed by atoms with Gasteiger partial charge in [-0.1, -0.05) is 0 Å². The number of aromatic nitrogens is 2. The molecule has 0 unspecified atom stereocenters. The predicted octanol–water partition coefficient (Wildman–Crippen LogP) is 2.52. The number of aromatic amines is 1. The van der Waals surface area contributed by atoms with Crippen LogP contribution in [0.15, 0.2) is 16.8 Å². The summed E-state index contributed by atoms with van der Waals surface area (Å²) in [5, 5.41) is 14.9. The molecule has 2 N–H and O–H groups in total. The Balaban J connectivity index is 1.58. The molecule has 20 heavy (non-hydrogen) atoms. The molecule has 104 valence electrons. The number of hydrogen-bond donors (Lipinski definition) is 2. The van der Waals surface area contributed by atoms with E-state index in [2.05, 4.69) is 32.3 Å². The maximum Gasteiger partial charge on any atom is 0.223 e. The Morgan fingerprint density at radius 1 is 1.40 bits per heavy atom. The molecule has 4 nitrogen and oxygen atoms in total. The van der Waals surface area contributed by atoms with Crippen molar-refractivity contribution in [3.8, 4) is 11.3 Å². The first kappa shape index (κ1) is 12.1. The lowest BCUT2D eigenvalue weighted by Crippen LogP contribution is -2.35. The number of H-pyrrole nitrogens is 1. The van der Waals surface area contributed by atoms with Crippen LogP contribution in [-0.4, -0.2) is 22.1 Å². The molecule has 1 amide bonds. The highest BCUT2D eigenvalue weighted by atomic mass is 32.1. The van der Waals surface area contributed by atoms with Gasteiger partial charge in [0.2, 0.25) is 5.91 Å². The van der Waals surface area contributed by atoms with Gasteiger partial charge in [0.25, 0.3) is 0 Å².